The molecule has 0 bridgehead atoms. The van der Waals surface area contributed by atoms with Crippen LogP contribution in [0.2, 0.25) is 0 Å². The summed E-state index contributed by atoms with van der Waals surface area (Å²) in [6.45, 7) is -0.220. The first-order valence-electron chi connectivity index (χ1n) is 7.14. The van der Waals surface area contributed by atoms with E-state index in [0.29, 0.717) is 6.42 Å². The quantitative estimate of drug-likeness (QED) is 0.791. The van der Waals surface area contributed by atoms with Crippen LogP contribution < -0.4 is 11.1 Å². The third-order valence-electron chi connectivity index (χ3n) is 3.89. The van der Waals surface area contributed by atoms with Gasteiger partial charge >= 0.3 is 0 Å². The molecule has 1 aromatic carbocycles. The van der Waals surface area contributed by atoms with Crippen molar-refractivity contribution in [3.8, 4) is 0 Å². The van der Waals surface area contributed by atoms with Crippen molar-refractivity contribution in [3.05, 3.63) is 35.4 Å². The maximum Gasteiger partial charge on any atom is 0.223 e. The first-order chi connectivity index (χ1) is 9.99. The zero-order chi connectivity index (χ0) is 15.4. The highest BCUT2D eigenvalue weighted by molar-refractivity contribution is 5.78. The van der Waals surface area contributed by atoms with Crippen molar-refractivity contribution in [2.24, 2.45) is 11.7 Å². The first-order valence-corrected chi connectivity index (χ1v) is 7.14. The lowest BCUT2D eigenvalue weighted by molar-refractivity contribution is -0.126. The number of rotatable bonds is 4. The maximum atomic E-state index is 13.5. The summed E-state index contributed by atoms with van der Waals surface area (Å²) in [4.78, 5) is 12.0. The van der Waals surface area contributed by atoms with Gasteiger partial charge in [0, 0.05) is 18.5 Å². The van der Waals surface area contributed by atoms with E-state index in [2.05, 4.69) is 5.32 Å². The van der Waals surface area contributed by atoms with Crippen molar-refractivity contribution < 1.29 is 18.7 Å². The minimum atomic E-state index is -1.41. The molecular formula is C15H20F2N2O2. The van der Waals surface area contributed by atoms with Gasteiger partial charge < -0.3 is 16.2 Å². The Bertz CT molecular complexity index is 490. The Morgan fingerprint density at radius 3 is 2.67 bits per heavy atom. The first kappa shape index (κ1) is 15.9. The Morgan fingerprint density at radius 1 is 1.38 bits per heavy atom. The van der Waals surface area contributed by atoms with Crippen molar-refractivity contribution in [2.45, 2.75) is 37.8 Å². The van der Waals surface area contributed by atoms with Crippen LogP contribution in [0.15, 0.2) is 18.2 Å². The van der Waals surface area contributed by atoms with Gasteiger partial charge in [0.05, 0.1) is 5.56 Å². The summed E-state index contributed by atoms with van der Waals surface area (Å²) < 4.78 is 27.0. The molecule has 3 atom stereocenters. The molecule has 1 aromatic rings. The van der Waals surface area contributed by atoms with Gasteiger partial charge in [-0.25, -0.2) is 8.78 Å². The number of hydrogen-bond acceptors (Lipinski definition) is 3. The van der Waals surface area contributed by atoms with Gasteiger partial charge in [-0.1, -0.05) is 12.5 Å². The highest BCUT2D eigenvalue weighted by Gasteiger charge is 2.26. The van der Waals surface area contributed by atoms with Crippen molar-refractivity contribution in [2.75, 3.05) is 6.54 Å². The van der Waals surface area contributed by atoms with E-state index in [9.17, 15) is 18.7 Å². The minimum Gasteiger partial charge on any atom is -0.386 e. The van der Waals surface area contributed by atoms with Crippen molar-refractivity contribution in [3.63, 3.8) is 0 Å². The van der Waals surface area contributed by atoms with Crippen molar-refractivity contribution >= 4 is 5.91 Å². The molecule has 1 saturated carbocycles. The minimum absolute atomic E-state index is 0.0171. The van der Waals surface area contributed by atoms with Crippen LogP contribution in [0.5, 0.6) is 0 Å². The largest absolute Gasteiger partial charge is 0.386 e. The Labute approximate surface area is 122 Å². The van der Waals surface area contributed by atoms with Crippen LogP contribution in [-0.4, -0.2) is 23.6 Å². The van der Waals surface area contributed by atoms with Crippen molar-refractivity contribution in [1.29, 1.82) is 0 Å². The Morgan fingerprint density at radius 2 is 2.05 bits per heavy atom. The monoisotopic (exact) mass is 298 g/mol. The van der Waals surface area contributed by atoms with Gasteiger partial charge in [0.2, 0.25) is 5.91 Å². The number of aliphatic hydroxyl groups is 1. The van der Waals surface area contributed by atoms with E-state index in [1.807, 2.05) is 0 Å². The van der Waals surface area contributed by atoms with Gasteiger partial charge in [-0.05, 0) is 31.4 Å². The molecule has 0 aliphatic heterocycles. The molecule has 1 aliphatic rings. The van der Waals surface area contributed by atoms with E-state index < -0.39 is 23.3 Å². The molecule has 0 aromatic heterocycles. The third-order valence-corrected chi connectivity index (χ3v) is 3.89. The van der Waals surface area contributed by atoms with Crippen LogP contribution in [0.25, 0.3) is 0 Å². The molecule has 4 nitrogen and oxygen atoms in total. The average Bonchev–Trinajstić information content (AvgIpc) is 2.44. The number of hydrogen-bond donors (Lipinski definition) is 3. The molecule has 0 spiro atoms. The van der Waals surface area contributed by atoms with Crippen LogP contribution in [0.3, 0.4) is 0 Å². The lowest BCUT2D eigenvalue weighted by Gasteiger charge is -2.26. The zero-order valence-electron chi connectivity index (χ0n) is 11.7. The fraction of sp³-hybridized carbons (Fsp3) is 0.533. The summed E-state index contributed by atoms with van der Waals surface area (Å²) in [6.07, 6.45) is 1.75. The smallest absolute Gasteiger partial charge is 0.223 e. The number of nitrogens with two attached hydrogens (primary N) is 1. The van der Waals surface area contributed by atoms with Crippen molar-refractivity contribution in [1.82, 2.24) is 5.32 Å². The van der Waals surface area contributed by atoms with E-state index in [1.165, 1.54) is 6.07 Å². The molecule has 2 rings (SSSR count). The lowest BCUT2D eigenvalue weighted by Crippen LogP contribution is -2.39. The molecule has 0 unspecified atom stereocenters. The summed E-state index contributed by atoms with van der Waals surface area (Å²) in [6, 6.07) is 3.39. The Kier molecular flexibility index (Phi) is 5.25. The predicted molar refractivity (Wildman–Crippen MR) is 74.3 cm³/mol. The highest BCUT2D eigenvalue weighted by Crippen LogP contribution is 2.24. The molecule has 1 amide bonds. The average molecular weight is 298 g/mol. The predicted octanol–water partition coefficient (Wildman–Crippen LogP) is 1.63. The number of carbonyl (C=O) groups excluding carboxylic acids is 1. The Balaban J connectivity index is 1.91. The molecule has 0 saturated heterocycles. The number of amides is 1. The number of carbonyl (C=O) groups is 1. The Hall–Kier alpha value is -1.53. The fourth-order valence-electron chi connectivity index (χ4n) is 2.74. The van der Waals surface area contributed by atoms with Crippen LogP contribution in [0, 0.1) is 17.6 Å². The normalized spacial score (nSPS) is 23.6. The van der Waals surface area contributed by atoms with Gasteiger partial charge in [-0.2, -0.15) is 0 Å². The fourth-order valence-corrected chi connectivity index (χ4v) is 2.74. The standard InChI is InChI=1S/C15H20F2N2O2/c16-11-5-2-6-12(17)14(11)13(20)8-19-15(21)9-3-1-4-10(18)7-9/h2,5-6,9-10,13,20H,1,3-4,7-8,18H2,(H,19,21)/t9-,10+,13-/m0/s1. The summed E-state index contributed by atoms with van der Waals surface area (Å²) in [5.74, 6) is -2.06. The molecular weight excluding hydrogens is 278 g/mol. The van der Waals surface area contributed by atoms with Crippen LogP contribution in [0.4, 0.5) is 8.78 Å². The highest BCUT2D eigenvalue weighted by atomic mass is 19.1. The summed E-state index contributed by atoms with van der Waals surface area (Å²) in [5, 5.41) is 12.4. The van der Waals surface area contributed by atoms with E-state index in [1.54, 1.807) is 0 Å². The second-order valence-corrected chi connectivity index (χ2v) is 5.52. The van der Waals surface area contributed by atoms with Crippen LogP contribution in [0.1, 0.15) is 37.4 Å². The van der Waals surface area contributed by atoms with Crippen LogP contribution in [-0.2, 0) is 4.79 Å². The van der Waals surface area contributed by atoms with E-state index in [-0.39, 0.29) is 24.4 Å². The van der Waals surface area contributed by atoms with E-state index in [4.69, 9.17) is 5.73 Å². The lowest BCUT2D eigenvalue weighted by atomic mass is 9.85. The van der Waals surface area contributed by atoms with Gasteiger partial charge in [0.15, 0.2) is 0 Å². The van der Waals surface area contributed by atoms with E-state index >= 15 is 0 Å². The molecule has 4 N–H and O–H groups in total. The molecule has 21 heavy (non-hydrogen) atoms. The molecule has 0 heterocycles. The number of nitrogens with one attached hydrogen (secondary N) is 1. The SMILES string of the molecule is N[C@@H]1CCC[C@H](C(=O)NC[C@H](O)c2c(F)cccc2F)C1. The molecule has 1 fully saturated rings. The van der Waals surface area contributed by atoms with Gasteiger partial charge in [-0.15, -0.1) is 0 Å². The number of aliphatic hydroxyl groups excluding tert-OH is 1. The summed E-state index contributed by atoms with van der Waals surface area (Å²) in [5.41, 5.74) is 5.40. The zero-order valence-corrected chi connectivity index (χ0v) is 11.7. The third kappa shape index (κ3) is 3.98. The van der Waals surface area contributed by atoms with Gasteiger partial charge in [0.1, 0.15) is 17.7 Å². The maximum absolute atomic E-state index is 13.5. The molecule has 116 valence electrons. The summed E-state index contributed by atoms with van der Waals surface area (Å²) in [7, 11) is 0. The van der Waals surface area contributed by atoms with Crippen LogP contribution >= 0.6 is 0 Å². The summed E-state index contributed by atoms with van der Waals surface area (Å²) >= 11 is 0. The molecule has 0 radical (unpaired) electrons. The molecule has 6 heteroatoms. The number of benzene rings is 1. The number of halogens is 2. The van der Waals surface area contributed by atoms with E-state index in [0.717, 1.165) is 31.4 Å². The topological polar surface area (TPSA) is 75.4 Å². The second kappa shape index (κ2) is 6.95. The van der Waals surface area contributed by atoms with Gasteiger partial charge in [0.25, 0.3) is 0 Å². The molecule has 1 aliphatic carbocycles. The van der Waals surface area contributed by atoms with Gasteiger partial charge in [-0.3, -0.25) is 4.79 Å². The second-order valence-electron chi connectivity index (χ2n) is 5.52.